The van der Waals surface area contributed by atoms with Crippen molar-refractivity contribution >= 4 is 12.2 Å². The summed E-state index contributed by atoms with van der Waals surface area (Å²) in [5, 5.41) is 12.9. The fraction of sp³-hybridized carbons (Fsp3) is 0.889. The van der Waals surface area contributed by atoms with E-state index in [9.17, 15) is 14.7 Å². The minimum absolute atomic E-state index is 0.0115. The monoisotopic (exact) mass is 358 g/mol. The second-order valence-corrected chi connectivity index (χ2v) is 9.31. The van der Waals surface area contributed by atoms with Crippen LogP contribution in [-0.4, -0.2) is 57.6 Å². The lowest BCUT2D eigenvalue weighted by molar-refractivity contribution is -0.0210. The maximum Gasteiger partial charge on any atom is 0.420 e. The standard InChI is InChI=1S/C18H34N2O5/c1-16(2,3)24-14(22)20(15(23)25-17(4,5)6)18(7,8)10-12-9-13(21)11-19-12/h12-13,19,21H,9-11H2,1-8H3/t12-,13+/m0/s1. The number of ether oxygens (including phenoxy) is 2. The Hall–Kier alpha value is -1.34. The first-order valence-electron chi connectivity index (χ1n) is 8.78. The van der Waals surface area contributed by atoms with Gasteiger partial charge >= 0.3 is 12.2 Å². The summed E-state index contributed by atoms with van der Waals surface area (Å²) in [5.74, 6) is 0. The van der Waals surface area contributed by atoms with E-state index < -0.39 is 35.0 Å². The summed E-state index contributed by atoms with van der Waals surface area (Å²) in [6.07, 6.45) is -0.796. The molecule has 0 unspecified atom stereocenters. The molecule has 25 heavy (non-hydrogen) atoms. The molecule has 0 bridgehead atoms. The molecule has 1 fully saturated rings. The zero-order valence-electron chi connectivity index (χ0n) is 16.8. The van der Waals surface area contributed by atoms with E-state index in [2.05, 4.69) is 5.32 Å². The van der Waals surface area contributed by atoms with Crippen LogP contribution in [0.15, 0.2) is 0 Å². The van der Waals surface area contributed by atoms with Crippen LogP contribution in [0.5, 0.6) is 0 Å². The highest BCUT2D eigenvalue weighted by molar-refractivity contribution is 5.89. The van der Waals surface area contributed by atoms with Crippen LogP contribution >= 0.6 is 0 Å². The molecule has 0 radical (unpaired) electrons. The topological polar surface area (TPSA) is 88.1 Å². The highest BCUT2D eigenvalue weighted by atomic mass is 16.6. The van der Waals surface area contributed by atoms with Gasteiger partial charge in [0.15, 0.2) is 0 Å². The minimum Gasteiger partial charge on any atom is -0.443 e. The van der Waals surface area contributed by atoms with Crippen LogP contribution in [0.1, 0.15) is 68.2 Å². The normalized spacial score (nSPS) is 21.8. The fourth-order valence-corrected chi connectivity index (χ4v) is 2.83. The molecule has 1 rings (SSSR count). The molecular formula is C18H34N2O5. The van der Waals surface area contributed by atoms with Crippen molar-refractivity contribution in [2.24, 2.45) is 0 Å². The largest absolute Gasteiger partial charge is 0.443 e. The van der Waals surface area contributed by atoms with E-state index >= 15 is 0 Å². The summed E-state index contributed by atoms with van der Waals surface area (Å²) in [6, 6.07) is 0.0115. The van der Waals surface area contributed by atoms with Crippen molar-refractivity contribution in [3.05, 3.63) is 0 Å². The van der Waals surface area contributed by atoms with Crippen LogP contribution in [0.2, 0.25) is 0 Å². The van der Waals surface area contributed by atoms with Gasteiger partial charge in [-0.1, -0.05) is 0 Å². The van der Waals surface area contributed by atoms with E-state index in [1.807, 2.05) is 0 Å². The highest BCUT2D eigenvalue weighted by Gasteiger charge is 2.43. The number of amides is 2. The predicted octanol–water partition coefficient (Wildman–Crippen LogP) is 3.05. The first kappa shape index (κ1) is 21.7. The lowest BCUT2D eigenvalue weighted by Crippen LogP contribution is -2.55. The molecule has 7 heteroatoms. The van der Waals surface area contributed by atoms with Gasteiger partial charge in [0.05, 0.1) is 11.6 Å². The Kier molecular flexibility index (Phi) is 6.51. The molecule has 0 aromatic rings. The Balaban J connectivity index is 3.02. The second kappa shape index (κ2) is 7.50. The molecule has 2 N–H and O–H groups in total. The predicted molar refractivity (Wildman–Crippen MR) is 95.4 cm³/mol. The Morgan fingerprint density at radius 3 is 1.76 bits per heavy atom. The number of hydrogen-bond donors (Lipinski definition) is 2. The first-order valence-corrected chi connectivity index (χ1v) is 8.78. The molecule has 7 nitrogen and oxygen atoms in total. The average Bonchev–Trinajstić information content (AvgIpc) is 2.67. The first-order chi connectivity index (χ1) is 11.1. The summed E-state index contributed by atoms with van der Waals surface area (Å²) >= 11 is 0. The lowest BCUT2D eigenvalue weighted by Gasteiger charge is -2.39. The molecule has 0 aromatic carbocycles. The fourth-order valence-electron chi connectivity index (χ4n) is 2.83. The second-order valence-electron chi connectivity index (χ2n) is 9.31. The number of carbonyl (C=O) groups excluding carboxylic acids is 2. The van der Waals surface area contributed by atoms with Crippen molar-refractivity contribution in [2.45, 2.75) is 97.1 Å². The SMILES string of the molecule is CC(C)(C)OC(=O)N(C(=O)OC(C)(C)C)C(C)(C)C[C@@H]1C[C@@H](O)CN1. The van der Waals surface area contributed by atoms with E-state index in [0.29, 0.717) is 19.4 Å². The van der Waals surface area contributed by atoms with E-state index in [4.69, 9.17) is 9.47 Å². The molecule has 0 spiro atoms. The number of carbonyl (C=O) groups is 2. The molecule has 1 aliphatic rings. The molecule has 0 aromatic heterocycles. The van der Waals surface area contributed by atoms with Gasteiger partial charge in [0.25, 0.3) is 0 Å². The maximum absolute atomic E-state index is 12.7. The molecule has 0 saturated carbocycles. The summed E-state index contributed by atoms with van der Waals surface area (Å²) < 4.78 is 10.8. The van der Waals surface area contributed by atoms with Crippen molar-refractivity contribution in [2.75, 3.05) is 6.54 Å². The van der Waals surface area contributed by atoms with E-state index in [1.54, 1.807) is 55.4 Å². The summed E-state index contributed by atoms with van der Waals surface area (Å²) in [4.78, 5) is 26.5. The van der Waals surface area contributed by atoms with Gasteiger partial charge in [-0.25, -0.2) is 14.5 Å². The van der Waals surface area contributed by atoms with Crippen LogP contribution in [0.25, 0.3) is 0 Å². The highest BCUT2D eigenvalue weighted by Crippen LogP contribution is 2.28. The van der Waals surface area contributed by atoms with Crippen LogP contribution in [0, 0.1) is 0 Å². The van der Waals surface area contributed by atoms with Gasteiger partial charge in [0, 0.05) is 12.6 Å². The maximum atomic E-state index is 12.7. The third-order valence-electron chi connectivity index (χ3n) is 3.70. The average molecular weight is 358 g/mol. The van der Waals surface area contributed by atoms with Crippen molar-refractivity contribution in [1.82, 2.24) is 10.2 Å². The zero-order valence-corrected chi connectivity index (χ0v) is 16.8. The van der Waals surface area contributed by atoms with Gasteiger partial charge in [-0.3, -0.25) is 0 Å². The van der Waals surface area contributed by atoms with Gasteiger partial charge < -0.3 is 19.9 Å². The Morgan fingerprint density at radius 2 is 1.44 bits per heavy atom. The summed E-state index contributed by atoms with van der Waals surface area (Å²) in [5.41, 5.74) is -2.29. The van der Waals surface area contributed by atoms with Gasteiger partial charge in [0.1, 0.15) is 11.2 Å². The number of aliphatic hydroxyl groups excluding tert-OH is 1. The number of nitrogens with zero attached hydrogens (tertiary/aromatic N) is 1. The number of rotatable bonds is 3. The third kappa shape index (κ3) is 7.20. The van der Waals surface area contributed by atoms with Crippen LogP contribution in [-0.2, 0) is 9.47 Å². The zero-order chi connectivity index (χ0) is 19.6. The Morgan fingerprint density at radius 1 is 1.00 bits per heavy atom. The molecular weight excluding hydrogens is 324 g/mol. The van der Waals surface area contributed by atoms with Crippen LogP contribution in [0.3, 0.4) is 0 Å². The van der Waals surface area contributed by atoms with Crippen molar-refractivity contribution < 1.29 is 24.2 Å². The number of β-amino-alcohol motifs (C(OH)–C–C–N with tert-alkyl or cyclic N) is 1. The minimum atomic E-state index is -0.841. The van der Waals surface area contributed by atoms with Gasteiger partial charge in [-0.2, -0.15) is 0 Å². The van der Waals surface area contributed by atoms with Crippen molar-refractivity contribution in [3.63, 3.8) is 0 Å². The number of nitrogens with one attached hydrogen (secondary N) is 1. The molecule has 2 atom stereocenters. The summed E-state index contributed by atoms with van der Waals surface area (Å²) in [6.45, 7) is 14.6. The quantitative estimate of drug-likeness (QED) is 0.806. The Bertz CT molecular complexity index is 463. The van der Waals surface area contributed by atoms with Crippen molar-refractivity contribution in [3.8, 4) is 0 Å². The van der Waals surface area contributed by atoms with E-state index in [1.165, 1.54) is 0 Å². The van der Waals surface area contributed by atoms with E-state index in [-0.39, 0.29) is 6.04 Å². The Labute approximate surface area is 151 Å². The van der Waals surface area contributed by atoms with Crippen LogP contribution < -0.4 is 5.32 Å². The lowest BCUT2D eigenvalue weighted by atomic mass is 9.92. The van der Waals surface area contributed by atoms with Gasteiger partial charge in [0.2, 0.25) is 0 Å². The third-order valence-corrected chi connectivity index (χ3v) is 3.70. The molecule has 1 saturated heterocycles. The number of imide groups is 1. The molecule has 2 amide bonds. The number of hydrogen-bond acceptors (Lipinski definition) is 6. The van der Waals surface area contributed by atoms with Crippen LogP contribution in [0.4, 0.5) is 9.59 Å². The number of aliphatic hydroxyl groups is 1. The molecule has 1 heterocycles. The van der Waals surface area contributed by atoms with Gasteiger partial charge in [-0.15, -0.1) is 0 Å². The van der Waals surface area contributed by atoms with E-state index in [0.717, 1.165) is 4.90 Å². The molecule has 1 aliphatic heterocycles. The molecule has 146 valence electrons. The summed E-state index contributed by atoms with van der Waals surface area (Å²) in [7, 11) is 0. The smallest absolute Gasteiger partial charge is 0.420 e. The molecule has 0 aliphatic carbocycles. The van der Waals surface area contributed by atoms with Gasteiger partial charge in [-0.05, 0) is 68.2 Å². The van der Waals surface area contributed by atoms with Crippen molar-refractivity contribution in [1.29, 1.82) is 0 Å².